The Morgan fingerprint density at radius 3 is 2.75 bits per heavy atom. The highest BCUT2D eigenvalue weighted by Gasteiger charge is 2.59. The topological polar surface area (TPSA) is 34.5 Å². The molecular weight excluding hydrogens is 303 g/mol. The number of halogens is 1. The van der Waals surface area contributed by atoms with E-state index in [1.54, 1.807) is 12.3 Å². The molecule has 0 amide bonds. The Morgan fingerprint density at radius 2 is 2.04 bits per heavy atom. The molecule has 3 atom stereocenters. The number of hydrogen-bond acceptors (Lipinski definition) is 3. The smallest absolute Gasteiger partial charge is 0.218 e. The van der Waals surface area contributed by atoms with Gasteiger partial charge in [0.1, 0.15) is 16.9 Å². The van der Waals surface area contributed by atoms with Crippen LogP contribution in [0.3, 0.4) is 0 Å². The molecule has 4 heteroatoms. The van der Waals surface area contributed by atoms with Crippen molar-refractivity contribution in [3.63, 3.8) is 0 Å². The third kappa shape index (κ3) is 2.23. The quantitative estimate of drug-likeness (QED) is 0.759. The number of ether oxygens (including phenoxy) is 1. The third-order valence-corrected chi connectivity index (χ3v) is 5.90. The summed E-state index contributed by atoms with van der Waals surface area (Å²) in [5.74, 6) is 0.823. The fourth-order valence-electron chi connectivity index (χ4n) is 4.41. The minimum atomic E-state index is -0.301. The van der Waals surface area contributed by atoms with Crippen molar-refractivity contribution >= 4 is 16.8 Å². The lowest BCUT2D eigenvalue weighted by molar-refractivity contribution is -0.172. The largest absolute Gasteiger partial charge is 0.470 e. The highest BCUT2D eigenvalue weighted by Crippen LogP contribution is 2.58. The predicted octanol–water partition coefficient (Wildman–Crippen LogP) is 4.73. The molecule has 1 fully saturated rings. The standard InChI is InChI=1S/C20H23FN2O/c1-12-9-20(11-19(3,4)13(20)2)24-18(23-12)15-8-14-6-5-7-16(21)17(14)22-10-15/h5-8,10,12-13H,9,11H2,1-4H3. The van der Waals surface area contributed by atoms with E-state index in [0.717, 1.165) is 23.8 Å². The van der Waals surface area contributed by atoms with Crippen molar-refractivity contribution in [1.29, 1.82) is 0 Å². The second-order valence-electron chi connectivity index (χ2n) is 8.08. The van der Waals surface area contributed by atoms with Gasteiger partial charge in [0, 0.05) is 23.9 Å². The highest BCUT2D eigenvalue weighted by atomic mass is 19.1. The van der Waals surface area contributed by atoms with Gasteiger partial charge in [-0.05, 0) is 30.9 Å². The zero-order valence-corrected chi connectivity index (χ0v) is 14.6. The molecule has 1 aromatic heterocycles. The first-order valence-corrected chi connectivity index (χ1v) is 8.62. The van der Waals surface area contributed by atoms with Crippen LogP contribution in [0.15, 0.2) is 35.5 Å². The van der Waals surface area contributed by atoms with Crippen molar-refractivity contribution in [3.8, 4) is 0 Å². The molecule has 1 aromatic carbocycles. The SMILES string of the molecule is CC1CC2(CC(C)(C)C2C)OC(c2cnc3c(F)cccc3c2)=N1. The summed E-state index contributed by atoms with van der Waals surface area (Å²) in [5.41, 5.74) is 1.39. The molecule has 24 heavy (non-hydrogen) atoms. The second kappa shape index (κ2) is 5.01. The Bertz CT molecular complexity index is 845. The fourth-order valence-corrected chi connectivity index (χ4v) is 4.41. The molecule has 0 N–H and O–H groups in total. The molecule has 0 saturated heterocycles. The van der Waals surface area contributed by atoms with Crippen molar-refractivity contribution in [1.82, 2.24) is 4.98 Å². The van der Waals surface area contributed by atoms with E-state index in [2.05, 4.69) is 32.7 Å². The number of nitrogens with zero attached hydrogens (tertiary/aromatic N) is 2. The number of rotatable bonds is 1. The van der Waals surface area contributed by atoms with E-state index in [1.165, 1.54) is 6.07 Å². The lowest BCUT2D eigenvalue weighted by Crippen LogP contribution is -2.62. The molecule has 1 spiro atoms. The van der Waals surface area contributed by atoms with Gasteiger partial charge in [-0.15, -0.1) is 0 Å². The lowest BCUT2D eigenvalue weighted by Gasteiger charge is -2.60. The number of aliphatic imine (C=N–C) groups is 1. The first-order valence-electron chi connectivity index (χ1n) is 8.62. The summed E-state index contributed by atoms with van der Waals surface area (Å²) in [6, 6.07) is 7.14. The lowest BCUT2D eigenvalue weighted by atomic mass is 9.51. The predicted molar refractivity (Wildman–Crippen MR) is 93.7 cm³/mol. The number of fused-ring (bicyclic) bond motifs is 1. The van der Waals surface area contributed by atoms with Gasteiger partial charge in [0.05, 0.1) is 11.6 Å². The second-order valence-corrected chi connectivity index (χ2v) is 8.08. The summed E-state index contributed by atoms with van der Waals surface area (Å²) in [5, 5.41) is 0.771. The van der Waals surface area contributed by atoms with Crippen LogP contribution in [0.2, 0.25) is 0 Å². The maximum absolute atomic E-state index is 13.8. The minimum Gasteiger partial charge on any atom is -0.470 e. The van der Waals surface area contributed by atoms with Gasteiger partial charge >= 0.3 is 0 Å². The van der Waals surface area contributed by atoms with Crippen molar-refractivity contribution in [2.24, 2.45) is 16.3 Å². The van der Waals surface area contributed by atoms with Crippen LogP contribution in [0.5, 0.6) is 0 Å². The first-order chi connectivity index (χ1) is 11.3. The van der Waals surface area contributed by atoms with E-state index < -0.39 is 0 Å². The third-order valence-electron chi connectivity index (χ3n) is 5.90. The average Bonchev–Trinajstić information content (AvgIpc) is 2.53. The van der Waals surface area contributed by atoms with Gasteiger partial charge in [0.15, 0.2) is 0 Å². The zero-order chi connectivity index (χ0) is 17.1. The van der Waals surface area contributed by atoms with Crippen LogP contribution in [0.4, 0.5) is 4.39 Å². The summed E-state index contributed by atoms with van der Waals surface area (Å²) >= 11 is 0. The maximum Gasteiger partial charge on any atom is 0.218 e. The summed E-state index contributed by atoms with van der Waals surface area (Å²) in [6.45, 7) is 9.00. The van der Waals surface area contributed by atoms with Crippen LogP contribution in [0.25, 0.3) is 10.9 Å². The summed E-state index contributed by atoms with van der Waals surface area (Å²) in [4.78, 5) is 8.99. The molecule has 0 radical (unpaired) electrons. The highest BCUT2D eigenvalue weighted by molar-refractivity contribution is 5.98. The summed E-state index contributed by atoms with van der Waals surface area (Å²) in [6.07, 6.45) is 3.67. The Morgan fingerprint density at radius 1 is 1.25 bits per heavy atom. The maximum atomic E-state index is 13.8. The first kappa shape index (κ1) is 15.6. The molecule has 1 saturated carbocycles. The molecule has 2 aliphatic rings. The monoisotopic (exact) mass is 326 g/mol. The minimum absolute atomic E-state index is 0.128. The average molecular weight is 326 g/mol. The van der Waals surface area contributed by atoms with Crippen LogP contribution in [0.1, 0.15) is 46.1 Å². The molecule has 3 nitrogen and oxygen atoms in total. The van der Waals surface area contributed by atoms with Gasteiger partial charge in [0.2, 0.25) is 5.90 Å². The van der Waals surface area contributed by atoms with E-state index in [0.29, 0.717) is 22.7 Å². The van der Waals surface area contributed by atoms with Crippen molar-refractivity contribution in [3.05, 3.63) is 41.8 Å². The molecular formula is C20H23FN2O. The van der Waals surface area contributed by atoms with Gasteiger partial charge < -0.3 is 4.74 Å². The molecule has 4 rings (SSSR count). The zero-order valence-electron chi connectivity index (χ0n) is 14.6. The van der Waals surface area contributed by atoms with Crippen LogP contribution < -0.4 is 0 Å². The summed E-state index contributed by atoms with van der Waals surface area (Å²) < 4.78 is 20.2. The number of pyridine rings is 1. The van der Waals surface area contributed by atoms with Crippen LogP contribution >= 0.6 is 0 Å². The van der Waals surface area contributed by atoms with Gasteiger partial charge in [-0.25, -0.2) is 9.38 Å². The van der Waals surface area contributed by atoms with E-state index in [9.17, 15) is 4.39 Å². The Kier molecular flexibility index (Phi) is 3.25. The molecule has 126 valence electrons. The molecule has 3 unspecified atom stereocenters. The van der Waals surface area contributed by atoms with Gasteiger partial charge in [-0.1, -0.05) is 32.9 Å². The van der Waals surface area contributed by atoms with Crippen LogP contribution in [0, 0.1) is 17.2 Å². The van der Waals surface area contributed by atoms with Crippen molar-refractivity contribution < 1.29 is 9.13 Å². The van der Waals surface area contributed by atoms with E-state index in [4.69, 9.17) is 9.73 Å². The normalized spacial score (nSPS) is 31.5. The van der Waals surface area contributed by atoms with Gasteiger partial charge in [0.25, 0.3) is 0 Å². The molecule has 0 bridgehead atoms. The summed E-state index contributed by atoms with van der Waals surface area (Å²) in [7, 11) is 0. The van der Waals surface area contributed by atoms with E-state index >= 15 is 0 Å². The van der Waals surface area contributed by atoms with Gasteiger partial charge in [-0.3, -0.25) is 4.98 Å². The van der Waals surface area contributed by atoms with Crippen molar-refractivity contribution in [2.45, 2.75) is 52.2 Å². The van der Waals surface area contributed by atoms with E-state index in [1.807, 2.05) is 12.1 Å². The van der Waals surface area contributed by atoms with Gasteiger partial charge in [-0.2, -0.15) is 0 Å². The molecule has 2 aromatic rings. The number of benzene rings is 1. The van der Waals surface area contributed by atoms with Crippen LogP contribution in [-0.2, 0) is 4.74 Å². The number of para-hydroxylation sites is 1. The number of aromatic nitrogens is 1. The van der Waals surface area contributed by atoms with Crippen molar-refractivity contribution in [2.75, 3.05) is 0 Å². The van der Waals surface area contributed by atoms with E-state index in [-0.39, 0.29) is 17.5 Å². The molecule has 1 aliphatic heterocycles. The molecule has 2 heterocycles. The Labute approximate surface area is 142 Å². The Hall–Kier alpha value is -1.97. The molecule has 1 aliphatic carbocycles. The van der Waals surface area contributed by atoms with Crippen LogP contribution in [-0.4, -0.2) is 22.5 Å². The fraction of sp³-hybridized carbons (Fsp3) is 0.500. The Balaban J connectivity index is 1.71. The number of hydrogen-bond donors (Lipinski definition) is 0.